The molecular weight excluding hydrogens is 176 g/mol. The van der Waals surface area contributed by atoms with E-state index in [0.717, 1.165) is 12.8 Å². The Kier molecular flexibility index (Phi) is 6.30. The molecule has 0 aliphatic rings. The first kappa shape index (κ1) is 13.2. The predicted molar refractivity (Wildman–Crippen MR) is 60.2 cm³/mol. The molecule has 2 nitrogen and oxygen atoms in total. The number of aliphatic hydroxyl groups is 2. The summed E-state index contributed by atoms with van der Waals surface area (Å²) in [5, 5.41) is 18.8. The first-order valence-electron chi connectivity index (χ1n) is 5.23. The molecule has 2 heteroatoms. The van der Waals surface area contributed by atoms with Crippen molar-refractivity contribution in [2.24, 2.45) is 5.92 Å². The number of aliphatic hydroxyl groups excluding tert-OH is 2. The molecular formula is C12H22O2. The third-order valence-corrected chi connectivity index (χ3v) is 2.37. The Morgan fingerprint density at radius 1 is 1.29 bits per heavy atom. The van der Waals surface area contributed by atoms with Gasteiger partial charge in [0, 0.05) is 5.92 Å². The van der Waals surface area contributed by atoms with Crippen LogP contribution in [0.3, 0.4) is 0 Å². The fourth-order valence-electron chi connectivity index (χ4n) is 1.10. The highest BCUT2D eigenvalue weighted by Gasteiger charge is 2.12. The standard InChI is InChI=1S/C12H22O2/c1-5-6-9(2)7-8-12(14)10(3)11(4)13/h7-8,10-11,13-14H,5-6H2,1-4H3/b9-7-,12-8+. The lowest BCUT2D eigenvalue weighted by Crippen LogP contribution is -2.15. The Morgan fingerprint density at radius 2 is 1.86 bits per heavy atom. The first-order valence-corrected chi connectivity index (χ1v) is 5.23. The van der Waals surface area contributed by atoms with E-state index in [9.17, 15) is 10.2 Å². The number of allylic oxidation sites excluding steroid dienone is 3. The van der Waals surface area contributed by atoms with Crippen molar-refractivity contribution < 1.29 is 10.2 Å². The lowest BCUT2D eigenvalue weighted by molar-refractivity contribution is 0.127. The molecule has 0 saturated heterocycles. The maximum Gasteiger partial charge on any atom is 0.0976 e. The van der Waals surface area contributed by atoms with Crippen LogP contribution in [0, 0.1) is 5.92 Å². The molecule has 14 heavy (non-hydrogen) atoms. The third-order valence-electron chi connectivity index (χ3n) is 2.37. The van der Waals surface area contributed by atoms with Gasteiger partial charge in [-0.05, 0) is 26.3 Å². The Bertz CT molecular complexity index is 214. The van der Waals surface area contributed by atoms with Crippen LogP contribution in [0.2, 0.25) is 0 Å². The third kappa shape index (κ3) is 5.07. The second-order valence-electron chi connectivity index (χ2n) is 3.88. The molecule has 2 N–H and O–H groups in total. The fourth-order valence-corrected chi connectivity index (χ4v) is 1.10. The van der Waals surface area contributed by atoms with Crippen LogP contribution in [0.25, 0.3) is 0 Å². The van der Waals surface area contributed by atoms with Gasteiger partial charge in [0.05, 0.1) is 11.9 Å². The van der Waals surface area contributed by atoms with Gasteiger partial charge < -0.3 is 10.2 Å². The number of hydrogen-bond donors (Lipinski definition) is 2. The lowest BCUT2D eigenvalue weighted by atomic mass is 10.0. The molecule has 0 fully saturated rings. The van der Waals surface area contributed by atoms with Gasteiger partial charge >= 0.3 is 0 Å². The molecule has 0 saturated carbocycles. The number of rotatable bonds is 5. The van der Waals surface area contributed by atoms with Gasteiger partial charge in [0.15, 0.2) is 0 Å². The van der Waals surface area contributed by atoms with Crippen LogP contribution in [0.15, 0.2) is 23.5 Å². The van der Waals surface area contributed by atoms with Crippen molar-refractivity contribution in [3.05, 3.63) is 23.5 Å². The Hall–Kier alpha value is -0.760. The highest BCUT2D eigenvalue weighted by Crippen LogP contribution is 2.13. The first-order chi connectivity index (χ1) is 6.49. The molecule has 0 aromatic carbocycles. The Morgan fingerprint density at radius 3 is 2.29 bits per heavy atom. The van der Waals surface area contributed by atoms with E-state index >= 15 is 0 Å². The van der Waals surface area contributed by atoms with Gasteiger partial charge in [-0.3, -0.25) is 0 Å². The largest absolute Gasteiger partial charge is 0.512 e. The minimum absolute atomic E-state index is 0.194. The summed E-state index contributed by atoms with van der Waals surface area (Å²) in [4.78, 5) is 0. The van der Waals surface area contributed by atoms with E-state index in [-0.39, 0.29) is 11.7 Å². The van der Waals surface area contributed by atoms with Gasteiger partial charge in [0.25, 0.3) is 0 Å². The van der Waals surface area contributed by atoms with Crippen molar-refractivity contribution in [3.8, 4) is 0 Å². The molecule has 0 spiro atoms. The summed E-state index contributed by atoms with van der Waals surface area (Å²) in [5.74, 6) is 0.0520. The van der Waals surface area contributed by atoms with E-state index in [2.05, 4.69) is 6.92 Å². The maximum atomic E-state index is 9.56. The van der Waals surface area contributed by atoms with Gasteiger partial charge in [-0.15, -0.1) is 0 Å². The summed E-state index contributed by atoms with van der Waals surface area (Å²) in [7, 11) is 0. The van der Waals surface area contributed by atoms with Crippen LogP contribution < -0.4 is 0 Å². The zero-order valence-electron chi connectivity index (χ0n) is 9.62. The highest BCUT2D eigenvalue weighted by molar-refractivity contribution is 5.14. The van der Waals surface area contributed by atoms with E-state index in [4.69, 9.17) is 0 Å². The van der Waals surface area contributed by atoms with Gasteiger partial charge in [0.1, 0.15) is 0 Å². The van der Waals surface area contributed by atoms with Crippen LogP contribution in [0.1, 0.15) is 40.5 Å². The molecule has 2 unspecified atom stereocenters. The second kappa shape index (κ2) is 6.66. The smallest absolute Gasteiger partial charge is 0.0976 e. The molecule has 2 atom stereocenters. The van der Waals surface area contributed by atoms with Gasteiger partial charge in [-0.2, -0.15) is 0 Å². The predicted octanol–water partition coefficient (Wildman–Crippen LogP) is 3.19. The minimum Gasteiger partial charge on any atom is -0.512 e. The molecule has 0 radical (unpaired) electrons. The average Bonchev–Trinajstić information content (AvgIpc) is 2.13. The van der Waals surface area contributed by atoms with Crippen molar-refractivity contribution in [1.29, 1.82) is 0 Å². The lowest BCUT2D eigenvalue weighted by Gasteiger charge is -2.12. The van der Waals surface area contributed by atoms with E-state index in [1.165, 1.54) is 5.57 Å². The van der Waals surface area contributed by atoms with Crippen molar-refractivity contribution in [2.75, 3.05) is 0 Å². The molecule has 0 rings (SSSR count). The van der Waals surface area contributed by atoms with Crippen LogP contribution in [0.4, 0.5) is 0 Å². The summed E-state index contributed by atoms with van der Waals surface area (Å²) < 4.78 is 0. The number of hydrogen-bond acceptors (Lipinski definition) is 2. The van der Waals surface area contributed by atoms with Crippen LogP contribution >= 0.6 is 0 Å². The van der Waals surface area contributed by atoms with Crippen LogP contribution in [0.5, 0.6) is 0 Å². The van der Waals surface area contributed by atoms with Crippen LogP contribution in [-0.2, 0) is 0 Å². The maximum absolute atomic E-state index is 9.56. The minimum atomic E-state index is -0.508. The van der Waals surface area contributed by atoms with Crippen molar-refractivity contribution in [2.45, 2.75) is 46.6 Å². The Balaban J connectivity index is 4.30. The summed E-state index contributed by atoms with van der Waals surface area (Å²) in [6.07, 6.45) is 5.25. The molecule has 0 aromatic rings. The zero-order valence-corrected chi connectivity index (χ0v) is 9.62. The normalized spacial score (nSPS) is 18.1. The molecule has 0 amide bonds. The quantitative estimate of drug-likeness (QED) is 0.526. The molecule has 82 valence electrons. The Labute approximate surface area is 87.0 Å². The summed E-state index contributed by atoms with van der Waals surface area (Å²) in [6, 6.07) is 0. The van der Waals surface area contributed by atoms with Gasteiger partial charge in [-0.1, -0.05) is 31.9 Å². The molecule has 0 aromatic heterocycles. The fraction of sp³-hybridized carbons (Fsp3) is 0.667. The monoisotopic (exact) mass is 198 g/mol. The summed E-state index contributed by atoms with van der Waals surface area (Å²) in [5.41, 5.74) is 1.25. The van der Waals surface area contributed by atoms with E-state index in [1.807, 2.05) is 13.0 Å². The second-order valence-corrected chi connectivity index (χ2v) is 3.88. The molecule has 0 aliphatic carbocycles. The van der Waals surface area contributed by atoms with E-state index < -0.39 is 6.10 Å². The highest BCUT2D eigenvalue weighted by atomic mass is 16.3. The van der Waals surface area contributed by atoms with E-state index in [1.54, 1.807) is 19.9 Å². The summed E-state index contributed by atoms with van der Waals surface area (Å²) >= 11 is 0. The average molecular weight is 198 g/mol. The topological polar surface area (TPSA) is 40.5 Å². The zero-order chi connectivity index (χ0) is 11.1. The molecule has 0 aliphatic heterocycles. The van der Waals surface area contributed by atoms with E-state index in [0.29, 0.717) is 0 Å². The van der Waals surface area contributed by atoms with Crippen molar-refractivity contribution >= 4 is 0 Å². The van der Waals surface area contributed by atoms with Crippen LogP contribution in [-0.4, -0.2) is 16.3 Å². The summed E-state index contributed by atoms with van der Waals surface area (Å²) in [6.45, 7) is 7.65. The SMILES string of the molecule is CCC/C(C)=C\C=C(\O)C(C)C(C)O. The van der Waals surface area contributed by atoms with Crippen molar-refractivity contribution in [1.82, 2.24) is 0 Å². The molecule has 0 bridgehead atoms. The van der Waals surface area contributed by atoms with Gasteiger partial charge in [-0.25, -0.2) is 0 Å². The van der Waals surface area contributed by atoms with Gasteiger partial charge in [0.2, 0.25) is 0 Å². The van der Waals surface area contributed by atoms with Crippen molar-refractivity contribution in [3.63, 3.8) is 0 Å². The molecule has 0 heterocycles.